The lowest BCUT2D eigenvalue weighted by Crippen LogP contribution is -3.08. The van der Waals surface area contributed by atoms with E-state index in [0.717, 1.165) is 11.4 Å². The van der Waals surface area contributed by atoms with E-state index in [2.05, 4.69) is 35.8 Å². The van der Waals surface area contributed by atoms with Crippen molar-refractivity contribution >= 4 is 29.3 Å². The molecule has 1 unspecified atom stereocenters. The maximum Gasteiger partial charge on any atom is 0.279 e. The van der Waals surface area contributed by atoms with Crippen molar-refractivity contribution in [1.29, 1.82) is 0 Å². The van der Waals surface area contributed by atoms with E-state index in [9.17, 15) is 9.59 Å². The lowest BCUT2D eigenvalue weighted by Gasteiger charge is -2.14. The number of benzene rings is 2. The smallest absolute Gasteiger partial charge is 0.279 e. The Bertz CT molecular complexity index is 743. The van der Waals surface area contributed by atoms with Gasteiger partial charge in [-0.05, 0) is 42.7 Å². The molecule has 0 fully saturated rings. The molecule has 138 valence electrons. The lowest BCUT2D eigenvalue weighted by atomic mass is 10.2. The highest BCUT2D eigenvalue weighted by molar-refractivity contribution is 7.98. The van der Waals surface area contributed by atoms with Crippen LogP contribution in [0.1, 0.15) is 15.9 Å². The van der Waals surface area contributed by atoms with E-state index in [4.69, 9.17) is 0 Å². The molecule has 0 aliphatic heterocycles. The fourth-order valence-electron chi connectivity index (χ4n) is 2.59. The van der Waals surface area contributed by atoms with Crippen molar-refractivity contribution in [1.82, 2.24) is 4.90 Å². The van der Waals surface area contributed by atoms with Crippen LogP contribution < -0.4 is 10.2 Å². The summed E-state index contributed by atoms with van der Waals surface area (Å²) < 4.78 is 0. The van der Waals surface area contributed by atoms with Crippen LogP contribution in [0.3, 0.4) is 0 Å². The van der Waals surface area contributed by atoms with E-state index in [1.54, 1.807) is 50.1 Å². The normalized spacial score (nSPS) is 11.7. The predicted octanol–water partition coefficient (Wildman–Crippen LogP) is 1.76. The first-order chi connectivity index (χ1) is 12.4. The van der Waals surface area contributed by atoms with Crippen LogP contribution in [0.5, 0.6) is 0 Å². The van der Waals surface area contributed by atoms with E-state index >= 15 is 0 Å². The molecule has 1 atom stereocenters. The zero-order valence-corrected chi connectivity index (χ0v) is 16.5. The molecule has 0 aliphatic carbocycles. The fraction of sp³-hybridized carbons (Fsp3) is 0.300. The average molecular weight is 373 g/mol. The molecule has 0 radical (unpaired) electrons. The molecule has 0 saturated carbocycles. The Kier molecular flexibility index (Phi) is 7.24. The van der Waals surface area contributed by atoms with E-state index in [0.29, 0.717) is 17.8 Å². The van der Waals surface area contributed by atoms with Gasteiger partial charge in [-0.15, -0.1) is 11.8 Å². The number of amides is 2. The van der Waals surface area contributed by atoms with Crippen LogP contribution in [0.15, 0.2) is 53.4 Å². The topological polar surface area (TPSA) is 53.9 Å². The first kappa shape index (κ1) is 20.0. The Balaban J connectivity index is 1.86. The zero-order valence-electron chi connectivity index (χ0n) is 15.7. The molecule has 0 saturated heterocycles. The third kappa shape index (κ3) is 5.89. The van der Waals surface area contributed by atoms with Gasteiger partial charge >= 0.3 is 0 Å². The van der Waals surface area contributed by atoms with Crippen molar-refractivity contribution < 1.29 is 14.5 Å². The molecule has 0 aromatic heterocycles. The number of hydrogen-bond donors (Lipinski definition) is 2. The van der Waals surface area contributed by atoms with Gasteiger partial charge in [0.1, 0.15) is 6.54 Å². The number of nitrogens with one attached hydrogen (secondary N) is 2. The van der Waals surface area contributed by atoms with Gasteiger partial charge in [-0.3, -0.25) is 9.59 Å². The van der Waals surface area contributed by atoms with Crippen LogP contribution in [0.25, 0.3) is 0 Å². The van der Waals surface area contributed by atoms with Gasteiger partial charge < -0.3 is 15.1 Å². The van der Waals surface area contributed by atoms with Crippen molar-refractivity contribution in [3.8, 4) is 0 Å². The van der Waals surface area contributed by atoms with E-state index in [-0.39, 0.29) is 11.8 Å². The van der Waals surface area contributed by atoms with E-state index in [1.165, 1.54) is 15.4 Å². The molecule has 2 amide bonds. The maximum atomic E-state index is 12.2. The van der Waals surface area contributed by atoms with Crippen LogP contribution in [-0.4, -0.2) is 50.7 Å². The van der Waals surface area contributed by atoms with Crippen molar-refractivity contribution in [2.24, 2.45) is 0 Å². The first-order valence-corrected chi connectivity index (χ1v) is 9.67. The standard InChI is InChI=1S/C20H25N3O2S/c1-22(2)20(25)16-7-9-17(10-8-16)21-19(24)14-23(3)13-15-5-11-18(26-4)12-6-15/h5-12H,13-14H2,1-4H3,(H,21,24)/p+1. The minimum Gasteiger partial charge on any atom is -0.345 e. The summed E-state index contributed by atoms with van der Waals surface area (Å²) in [6, 6.07) is 15.4. The van der Waals surface area contributed by atoms with Gasteiger partial charge in [0.25, 0.3) is 11.8 Å². The van der Waals surface area contributed by atoms with Gasteiger partial charge in [0.2, 0.25) is 0 Å². The van der Waals surface area contributed by atoms with Gasteiger partial charge in [0, 0.05) is 35.8 Å². The predicted molar refractivity (Wildman–Crippen MR) is 107 cm³/mol. The molecular formula is C20H26N3O2S+. The highest BCUT2D eigenvalue weighted by Crippen LogP contribution is 2.14. The Hall–Kier alpha value is -2.31. The van der Waals surface area contributed by atoms with Gasteiger partial charge in [-0.25, -0.2) is 0 Å². The van der Waals surface area contributed by atoms with Crippen LogP contribution in [0.2, 0.25) is 0 Å². The molecule has 2 aromatic rings. The van der Waals surface area contributed by atoms with Crippen molar-refractivity contribution in [2.75, 3.05) is 39.3 Å². The Morgan fingerprint density at radius 2 is 1.65 bits per heavy atom. The largest absolute Gasteiger partial charge is 0.345 e. The van der Waals surface area contributed by atoms with Crippen molar-refractivity contribution in [3.63, 3.8) is 0 Å². The van der Waals surface area contributed by atoms with Gasteiger partial charge in [-0.1, -0.05) is 12.1 Å². The second-order valence-electron chi connectivity index (χ2n) is 6.48. The quantitative estimate of drug-likeness (QED) is 0.729. The van der Waals surface area contributed by atoms with Crippen LogP contribution in [0, 0.1) is 0 Å². The van der Waals surface area contributed by atoms with E-state index < -0.39 is 0 Å². The summed E-state index contributed by atoms with van der Waals surface area (Å²) >= 11 is 1.72. The number of carbonyl (C=O) groups excluding carboxylic acids is 2. The van der Waals surface area contributed by atoms with Gasteiger partial charge in [0.15, 0.2) is 6.54 Å². The number of nitrogens with zero attached hydrogens (tertiary/aromatic N) is 1. The number of anilines is 1. The van der Waals surface area contributed by atoms with Crippen LogP contribution in [-0.2, 0) is 11.3 Å². The summed E-state index contributed by atoms with van der Waals surface area (Å²) in [4.78, 5) is 28.0. The molecular weight excluding hydrogens is 346 g/mol. The highest BCUT2D eigenvalue weighted by atomic mass is 32.2. The molecule has 2 N–H and O–H groups in total. The van der Waals surface area contributed by atoms with Gasteiger partial charge in [0.05, 0.1) is 7.05 Å². The van der Waals surface area contributed by atoms with Crippen molar-refractivity contribution in [3.05, 3.63) is 59.7 Å². The van der Waals surface area contributed by atoms with Crippen LogP contribution in [0.4, 0.5) is 5.69 Å². The number of hydrogen-bond acceptors (Lipinski definition) is 3. The number of quaternary nitrogens is 1. The molecule has 0 heterocycles. The summed E-state index contributed by atoms with van der Waals surface area (Å²) in [5.74, 6) is -0.102. The summed E-state index contributed by atoms with van der Waals surface area (Å²) in [5.41, 5.74) is 2.51. The summed E-state index contributed by atoms with van der Waals surface area (Å²) in [6.45, 7) is 1.17. The summed E-state index contributed by atoms with van der Waals surface area (Å²) in [6.07, 6.45) is 2.06. The van der Waals surface area contributed by atoms with Gasteiger partial charge in [-0.2, -0.15) is 0 Å². The number of likely N-dealkylation sites (N-methyl/N-ethyl adjacent to an activating group) is 1. The number of carbonyl (C=O) groups is 2. The Labute approximate surface area is 159 Å². The zero-order chi connectivity index (χ0) is 19.1. The average Bonchev–Trinajstić information content (AvgIpc) is 2.62. The monoisotopic (exact) mass is 372 g/mol. The molecule has 26 heavy (non-hydrogen) atoms. The van der Waals surface area contributed by atoms with Crippen LogP contribution >= 0.6 is 11.8 Å². The molecule has 6 heteroatoms. The molecule has 2 aromatic carbocycles. The maximum absolute atomic E-state index is 12.2. The fourth-order valence-corrected chi connectivity index (χ4v) is 3.00. The molecule has 0 spiro atoms. The Morgan fingerprint density at radius 3 is 2.19 bits per heavy atom. The molecule has 2 rings (SSSR count). The Morgan fingerprint density at radius 1 is 1.04 bits per heavy atom. The SMILES string of the molecule is CSc1ccc(C[NH+](C)CC(=O)Nc2ccc(C(=O)N(C)C)cc2)cc1. The van der Waals surface area contributed by atoms with Crippen molar-refractivity contribution in [2.45, 2.75) is 11.4 Å². The molecule has 0 aliphatic rings. The number of thioether (sulfide) groups is 1. The lowest BCUT2D eigenvalue weighted by molar-refractivity contribution is -0.885. The summed E-state index contributed by atoms with van der Waals surface area (Å²) in [5, 5.41) is 2.88. The molecule has 5 nitrogen and oxygen atoms in total. The first-order valence-electron chi connectivity index (χ1n) is 8.45. The minimum absolute atomic E-state index is 0.0464. The summed E-state index contributed by atoms with van der Waals surface area (Å²) in [7, 11) is 5.43. The third-order valence-electron chi connectivity index (χ3n) is 3.95. The number of rotatable bonds is 7. The van der Waals surface area contributed by atoms with E-state index in [1.807, 2.05) is 7.05 Å². The molecule has 0 bridgehead atoms. The third-order valence-corrected chi connectivity index (χ3v) is 4.69. The minimum atomic E-state index is -0.0560. The second-order valence-corrected chi connectivity index (χ2v) is 7.36. The second kappa shape index (κ2) is 9.40. The highest BCUT2D eigenvalue weighted by Gasteiger charge is 2.12.